The summed E-state index contributed by atoms with van der Waals surface area (Å²) in [7, 11) is 1.58. The maximum atomic E-state index is 10.9. The van der Waals surface area contributed by atoms with Gasteiger partial charge in [-0.3, -0.25) is 0 Å². The Balaban J connectivity index is 1.48. The summed E-state index contributed by atoms with van der Waals surface area (Å²) < 4.78 is 17.4. The van der Waals surface area contributed by atoms with Gasteiger partial charge in [0, 0.05) is 18.2 Å². The van der Waals surface area contributed by atoms with Crippen molar-refractivity contribution in [3.63, 3.8) is 0 Å². The van der Waals surface area contributed by atoms with Gasteiger partial charge in [-0.15, -0.1) is 0 Å². The Hall–Kier alpha value is -2.36. The van der Waals surface area contributed by atoms with Gasteiger partial charge >= 0.3 is 6.48 Å². The van der Waals surface area contributed by atoms with Crippen LogP contribution in [0.25, 0.3) is 0 Å². The molecule has 2 unspecified atom stereocenters. The third-order valence-corrected chi connectivity index (χ3v) is 8.18. The number of benzene rings is 2. The van der Waals surface area contributed by atoms with E-state index in [1.165, 1.54) is 44.1 Å². The van der Waals surface area contributed by atoms with Crippen LogP contribution in [0, 0.1) is 29.6 Å². The summed E-state index contributed by atoms with van der Waals surface area (Å²) in [6.45, 7) is 1.50. The SMILES string of the molecule is CCOC(OC)Oc1cc(C(O)C#Cc2ccccc2CO)ccc1C12CC3CC(CC(C3)C1)C2. The minimum atomic E-state index is -0.984. The maximum Gasteiger partial charge on any atom is 0.315 e. The van der Waals surface area contributed by atoms with Gasteiger partial charge in [0.25, 0.3) is 0 Å². The standard InChI is InChI=1S/C30H36O5/c1-3-34-29(33-2)35-28-15-24(27(32)11-9-23-6-4-5-7-25(23)19-31)8-10-26(28)30-16-20-12-21(17-30)14-22(13-20)18-30/h4-8,10,15,20-22,27,29,31-32H,3,12-14,16-19H2,1-2H3. The van der Waals surface area contributed by atoms with Gasteiger partial charge in [0.05, 0.1) is 13.2 Å². The van der Waals surface area contributed by atoms with Gasteiger partial charge in [-0.05, 0) is 91.9 Å². The molecular weight excluding hydrogens is 440 g/mol. The molecule has 4 fully saturated rings. The number of aliphatic hydroxyl groups is 2. The molecule has 4 saturated carbocycles. The van der Waals surface area contributed by atoms with Crippen LogP contribution < -0.4 is 4.74 Å². The van der Waals surface area contributed by atoms with Crippen LogP contribution in [0.2, 0.25) is 0 Å². The second kappa shape index (κ2) is 10.3. The van der Waals surface area contributed by atoms with Gasteiger partial charge in [-0.1, -0.05) is 42.2 Å². The third-order valence-electron chi connectivity index (χ3n) is 8.18. The predicted molar refractivity (Wildman–Crippen MR) is 134 cm³/mol. The summed E-state index contributed by atoms with van der Waals surface area (Å²) in [5.41, 5.74) is 3.48. The Kier molecular flexibility index (Phi) is 7.18. The Morgan fingerprint density at radius 1 is 1.03 bits per heavy atom. The van der Waals surface area contributed by atoms with E-state index in [0.29, 0.717) is 17.7 Å². The zero-order chi connectivity index (χ0) is 24.4. The minimum Gasteiger partial charge on any atom is -0.441 e. The molecule has 0 spiro atoms. The molecule has 35 heavy (non-hydrogen) atoms. The largest absolute Gasteiger partial charge is 0.441 e. The molecule has 2 aromatic rings. The highest BCUT2D eigenvalue weighted by molar-refractivity contribution is 5.47. The summed E-state index contributed by atoms with van der Waals surface area (Å²) >= 11 is 0. The summed E-state index contributed by atoms with van der Waals surface area (Å²) in [6, 6.07) is 13.5. The van der Waals surface area contributed by atoms with Crippen molar-refractivity contribution in [3.05, 3.63) is 64.7 Å². The highest BCUT2D eigenvalue weighted by Crippen LogP contribution is 2.62. The molecule has 0 radical (unpaired) electrons. The average molecular weight is 477 g/mol. The Morgan fingerprint density at radius 3 is 2.34 bits per heavy atom. The van der Waals surface area contributed by atoms with E-state index in [9.17, 15) is 10.2 Å². The molecule has 0 heterocycles. The van der Waals surface area contributed by atoms with Crippen molar-refractivity contribution in [2.24, 2.45) is 17.8 Å². The van der Waals surface area contributed by atoms with Gasteiger partial charge in [0.1, 0.15) is 11.9 Å². The Labute approximate surface area is 208 Å². The van der Waals surface area contributed by atoms with Crippen LogP contribution in [0.4, 0.5) is 0 Å². The van der Waals surface area contributed by atoms with Gasteiger partial charge in [-0.2, -0.15) is 0 Å². The van der Waals surface area contributed by atoms with Gasteiger partial charge < -0.3 is 24.4 Å². The van der Waals surface area contributed by atoms with Crippen LogP contribution in [-0.2, 0) is 21.5 Å². The second-order valence-electron chi connectivity index (χ2n) is 10.5. The lowest BCUT2D eigenvalue weighted by molar-refractivity contribution is -0.231. The van der Waals surface area contributed by atoms with Crippen molar-refractivity contribution in [2.75, 3.05) is 13.7 Å². The summed E-state index contributed by atoms with van der Waals surface area (Å²) in [4.78, 5) is 0. The summed E-state index contributed by atoms with van der Waals surface area (Å²) in [5, 5.41) is 20.5. The van der Waals surface area contributed by atoms with E-state index in [4.69, 9.17) is 14.2 Å². The number of ether oxygens (including phenoxy) is 3. The number of rotatable bonds is 8. The lowest BCUT2D eigenvalue weighted by Crippen LogP contribution is -2.48. The molecule has 4 aliphatic carbocycles. The molecule has 186 valence electrons. The third kappa shape index (κ3) is 4.99. The van der Waals surface area contributed by atoms with E-state index in [2.05, 4.69) is 17.9 Å². The van der Waals surface area contributed by atoms with E-state index in [1.807, 2.05) is 43.3 Å². The fraction of sp³-hybridized carbons (Fsp3) is 0.533. The zero-order valence-corrected chi connectivity index (χ0v) is 20.7. The Morgan fingerprint density at radius 2 is 1.71 bits per heavy atom. The first-order valence-electron chi connectivity index (χ1n) is 12.9. The van der Waals surface area contributed by atoms with Gasteiger partial charge in [-0.25, -0.2) is 0 Å². The molecule has 5 heteroatoms. The lowest BCUT2D eigenvalue weighted by Gasteiger charge is -2.57. The first-order chi connectivity index (χ1) is 17.0. The van der Waals surface area contributed by atoms with Crippen LogP contribution in [0.15, 0.2) is 42.5 Å². The van der Waals surface area contributed by atoms with Gasteiger partial charge in [0.2, 0.25) is 0 Å². The molecule has 4 bridgehead atoms. The molecule has 6 rings (SSSR count). The van der Waals surface area contributed by atoms with E-state index in [1.54, 1.807) is 7.11 Å². The molecule has 2 atom stereocenters. The first kappa shape index (κ1) is 24.3. The van der Waals surface area contributed by atoms with Crippen LogP contribution >= 0.6 is 0 Å². The molecule has 0 aromatic heterocycles. The van der Waals surface area contributed by atoms with Crippen LogP contribution in [0.5, 0.6) is 5.75 Å². The fourth-order valence-corrected chi connectivity index (χ4v) is 7.08. The van der Waals surface area contributed by atoms with E-state index in [0.717, 1.165) is 29.1 Å². The van der Waals surface area contributed by atoms with Crippen molar-refractivity contribution < 1.29 is 24.4 Å². The van der Waals surface area contributed by atoms with Crippen molar-refractivity contribution in [1.82, 2.24) is 0 Å². The van der Waals surface area contributed by atoms with Crippen LogP contribution in [0.1, 0.15) is 73.8 Å². The summed E-state index contributed by atoms with van der Waals surface area (Å²) in [6.07, 6.45) is 6.76. The molecule has 5 nitrogen and oxygen atoms in total. The zero-order valence-electron chi connectivity index (χ0n) is 20.7. The fourth-order valence-electron chi connectivity index (χ4n) is 7.08. The molecule has 0 saturated heterocycles. The molecular formula is C30H36O5. The van der Waals surface area contributed by atoms with Crippen molar-refractivity contribution in [2.45, 2.75) is 70.1 Å². The number of aliphatic hydroxyl groups excluding tert-OH is 2. The van der Waals surface area contributed by atoms with Gasteiger partial charge in [0.15, 0.2) is 0 Å². The molecule has 2 aromatic carbocycles. The molecule has 4 aliphatic rings. The molecule has 0 amide bonds. The second-order valence-corrected chi connectivity index (χ2v) is 10.5. The topological polar surface area (TPSA) is 68.2 Å². The Bertz CT molecular complexity index is 1060. The summed E-state index contributed by atoms with van der Waals surface area (Å²) in [5.74, 6) is 9.11. The van der Waals surface area contributed by atoms with Crippen molar-refractivity contribution >= 4 is 0 Å². The number of methoxy groups -OCH3 is 1. The van der Waals surface area contributed by atoms with E-state index < -0.39 is 12.6 Å². The highest BCUT2D eigenvalue weighted by atomic mass is 16.8. The van der Waals surface area contributed by atoms with Crippen LogP contribution in [0.3, 0.4) is 0 Å². The first-order valence-corrected chi connectivity index (χ1v) is 12.9. The van der Waals surface area contributed by atoms with E-state index >= 15 is 0 Å². The monoisotopic (exact) mass is 476 g/mol. The maximum absolute atomic E-state index is 10.9. The highest BCUT2D eigenvalue weighted by Gasteiger charge is 2.52. The lowest BCUT2D eigenvalue weighted by atomic mass is 9.48. The van der Waals surface area contributed by atoms with Crippen molar-refractivity contribution in [1.29, 1.82) is 0 Å². The van der Waals surface area contributed by atoms with E-state index in [-0.39, 0.29) is 12.0 Å². The van der Waals surface area contributed by atoms with Crippen molar-refractivity contribution in [3.8, 4) is 17.6 Å². The van der Waals surface area contributed by atoms with Crippen LogP contribution in [-0.4, -0.2) is 30.4 Å². The smallest absolute Gasteiger partial charge is 0.315 e. The quantitative estimate of drug-likeness (QED) is 0.411. The number of hydrogen-bond donors (Lipinski definition) is 2. The average Bonchev–Trinajstić information content (AvgIpc) is 2.86. The number of hydrogen-bond acceptors (Lipinski definition) is 5. The normalized spacial score (nSPS) is 28.3. The minimum absolute atomic E-state index is 0.0888. The predicted octanol–water partition coefficient (Wildman–Crippen LogP) is 5.08. The molecule has 2 N–H and O–H groups in total. The molecule has 0 aliphatic heterocycles.